The van der Waals surface area contributed by atoms with Crippen LogP contribution in [0.2, 0.25) is 5.15 Å². The van der Waals surface area contributed by atoms with Gasteiger partial charge in [-0.2, -0.15) is 0 Å². The highest BCUT2D eigenvalue weighted by Gasteiger charge is 2.02. The Morgan fingerprint density at radius 1 is 1.57 bits per heavy atom. The Kier molecular flexibility index (Phi) is 4.35. The highest BCUT2D eigenvalue weighted by atomic mass is 35.5. The first-order valence-corrected chi connectivity index (χ1v) is 4.67. The molecule has 1 aromatic rings. The van der Waals surface area contributed by atoms with E-state index in [0.717, 1.165) is 0 Å². The van der Waals surface area contributed by atoms with Crippen LogP contribution >= 0.6 is 11.6 Å². The Bertz CT molecular complexity index is 317. The standard InChI is InChI=1S/C9H12ClN3O/c1-11-6-5-9(14)13-8-4-2-3-7(10)12-8/h2-4,11H,5-6H2,1H3,(H,12,13,14). The predicted octanol–water partition coefficient (Wildman–Crippen LogP) is 1.28. The van der Waals surface area contributed by atoms with Gasteiger partial charge in [0.15, 0.2) is 0 Å². The molecule has 0 atom stereocenters. The molecule has 0 radical (unpaired) electrons. The van der Waals surface area contributed by atoms with E-state index in [9.17, 15) is 4.79 Å². The number of nitrogens with zero attached hydrogens (tertiary/aromatic N) is 1. The Labute approximate surface area is 87.7 Å². The van der Waals surface area contributed by atoms with Crippen molar-refractivity contribution in [3.8, 4) is 0 Å². The number of hydrogen-bond acceptors (Lipinski definition) is 3. The van der Waals surface area contributed by atoms with E-state index in [0.29, 0.717) is 23.9 Å². The predicted molar refractivity (Wildman–Crippen MR) is 56.4 cm³/mol. The van der Waals surface area contributed by atoms with Crippen molar-refractivity contribution in [3.63, 3.8) is 0 Å². The Balaban J connectivity index is 2.47. The zero-order valence-electron chi connectivity index (χ0n) is 7.88. The van der Waals surface area contributed by atoms with Crippen LogP contribution in [0.5, 0.6) is 0 Å². The summed E-state index contributed by atoms with van der Waals surface area (Å²) in [6.45, 7) is 0.645. The zero-order chi connectivity index (χ0) is 10.4. The first kappa shape index (κ1) is 10.9. The van der Waals surface area contributed by atoms with Crippen molar-refractivity contribution >= 4 is 23.3 Å². The van der Waals surface area contributed by atoms with Gasteiger partial charge in [0, 0.05) is 13.0 Å². The van der Waals surface area contributed by atoms with E-state index in [1.54, 1.807) is 25.2 Å². The van der Waals surface area contributed by atoms with Gasteiger partial charge in [-0.15, -0.1) is 0 Å². The summed E-state index contributed by atoms with van der Waals surface area (Å²) in [5.74, 6) is 0.410. The minimum absolute atomic E-state index is 0.0749. The van der Waals surface area contributed by atoms with E-state index < -0.39 is 0 Å². The molecule has 76 valence electrons. The van der Waals surface area contributed by atoms with Gasteiger partial charge in [-0.25, -0.2) is 4.98 Å². The van der Waals surface area contributed by atoms with E-state index in [1.165, 1.54) is 0 Å². The van der Waals surface area contributed by atoms with Crippen LogP contribution in [0, 0.1) is 0 Å². The number of pyridine rings is 1. The fourth-order valence-electron chi connectivity index (χ4n) is 0.922. The van der Waals surface area contributed by atoms with Gasteiger partial charge >= 0.3 is 0 Å². The van der Waals surface area contributed by atoms with Crippen molar-refractivity contribution < 1.29 is 4.79 Å². The van der Waals surface area contributed by atoms with Gasteiger partial charge in [0.25, 0.3) is 0 Å². The maximum absolute atomic E-state index is 11.2. The van der Waals surface area contributed by atoms with E-state index in [4.69, 9.17) is 11.6 Å². The summed E-state index contributed by atoms with van der Waals surface area (Å²) >= 11 is 5.66. The quantitative estimate of drug-likeness (QED) is 0.741. The summed E-state index contributed by atoms with van der Waals surface area (Å²) in [5.41, 5.74) is 0. The molecule has 1 amide bonds. The molecular weight excluding hydrogens is 202 g/mol. The van der Waals surface area contributed by atoms with Crippen molar-refractivity contribution in [2.45, 2.75) is 6.42 Å². The molecular formula is C9H12ClN3O. The van der Waals surface area contributed by atoms with Gasteiger partial charge in [0.2, 0.25) is 5.91 Å². The SMILES string of the molecule is CNCCC(=O)Nc1cccc(Cl)n1. The lowest BCUT2D eigenvalue weighted by molar-refractivity contribution is -0.116. The van der Waals surface area contributed by atoms with Crippen molar-refractivity contribution in [3.05, 3.63) is 23.4 Å². The molecule has 1 rings (SSSR count). The fourth-order valence-corrected chi connectivity index (χ4v) is 1.09. The molecule has 0 aliphatic heterocycles. The second-order valence-corrected chi connectivity index (χ2v) is 3.13. The summed E-state index contributed by atoms with van der Waals surface area (Å²) in [6, 6.07) is 5.09. The topological polar surface area (TPSA) is 54.0 Å². The molecule has 0 unspecified atom stereocenters. The normalized spacial score (nSPS) is 9.86. The molecule has 14 heavy (non-hydrogen) atoms. The smallest absolute Gasteiger partial charge is 0.226 e. The number of rotatable bonds is 4. The number of anilines is 1. The van der Waals surface area contributed by atoms with Crippen molar-refractivity contribution in [1.82, 2.24) is 10.3 Å². The number of amides is 1. The average molecular weight is 214 g/mol. The summed E-state index contributed by atoms with van der Waals surface area (Å²) in [5, 5.41) is 5.90. The maximum Gasteiger partial charge on any atom is 0.226 e. The molecule has 0 spiro atoms. The van der Waals surface area contributed by atoms with Crippen LogP contribution in [0.1, 0.15) is 6.42 Å². The first-order valence-electron chi connectivity index (χ1n) is 4.29. The molecule has 1 heterocycles. The largest absolute Gasteiger partial charge is 0.319 e. The summed E-state index contributed by atoms with van der Waals surface area (Å²) in [6.07, 6.45) is 0.421. The number of hydrogen-bond donors (Lipinski definition) is 2. The zero-order valence-corrected chi connectivity index (χ0v) is 8.64. The lowest BCUT2D eigenvalue weighted by Gasteiger charge is -2.03. The molecule has 4 nitrogen and oxygen atoms in total. The van der Waals surface area contributed by atoms with Crippen LogP contribution in [0.15, 0.2) is 18.2 Å². The third kappa shape index (κ3) is 3.72. The van der Waals surface area contributed by atoms with Crippen LogP contribution in [-0.4, -0.2) is 24.5 Å². The maximum atomic E-state index is 11.2. The van der Waals surface area contributed by atoms with Gasteiger partial charge in [0.1, 0.15) is 11.0 Å². The molecule has 0 aliphatic carbocycles. The van der Waals surface area contributed by atoms with Gasteiger partial charge in [-0.3, -0.25) is 4.79 Å². The molecule has 0 fully saturated rings. The summed E-state index contributed by atoms with van der Waals surface area (Å²) in [4.78, 5) is 15.2. The van der Waals surface area contributed by atoms with E-state index in [1.807, 2.05) is 0 Å². The van der Waals surface area contributed by atoms with Gasteiger partial charge < -0.3 is 10.6 Å². The Morgan fingerprint density at radius 2 is 2.36 bits per heavy atom. The van der Waals surface area contributed by atoms with Crippen LogP contribution in [-0.2, 0) is 4.79 Å². The third-order valence-electron chi connectivity index (χ3n) is 1.58. The molecule has 0 saturated carbocycles. The number of carbonyl (C=O) groups is 1. The fraction of sp³-hybridized carbons (Fsp3) is 0.333. The molecule has 2 N–H and O–H groups in total. The molecule has 0 bridgehead atoms. The van der Waals surface area contributed by atoms with Crippen LogP contribution in [0.3, 0.4) is 0 Å². The molecule has 0 saturated heterocycles. The van der Waals surface area contributed by atoms with Crippen LogP contribution in [0.25, 0.3) is 0 Å². The van der Waals surface area contributed by atoms with E-state index in [2.05, 4.69) is 15.6 Å². The van der Waals surface area contributed by atoms with E-state index in [-0.39, 0.29) is 5.91 Å². The second kappa shape index (κ2) is 5.57. The Morgan fingerprint density at radius 3 is 3.00 bits per heavy atom. The number of aromatic nitrogens is 1. The monoisotopic (exact) mass is 213 g/mol. The number of nitrogens with one attached hydrogen (secondary N) is 2. The molecule has 5 heteroatoms. The number of halogens is 1. The van der Waals surface area contributed by atoms with Crippen molar-refractivity contribution in [2.75, 3.05) is 18.9 Å². The third-order valence-corrected chi connectivity index (χ3v) is 1.80. The molecule has 0 aliphatic rings. The lowest BCUT2D eigenvalue weighted by Crippen LogP contribution is -2.19. The Hall–Kier alpha value is -1.13. The van der Waals surface area contributed by atoms with Gasteiger partial charge in [0.05, 0.1) is 0 Å². The summed E-state index contributed by atoms with van der Waals surface area (Å²) in [7, 11) is 1.80. The minimum atomic E-state index is -0.0749. The van der Waals surface area contributed by atoms with Crippen LogP contribution in [0.4, 0.5) is 5.82 Å². The van der Waals surface area contributed by atoms with Crippen LogP contribution < -0.4 is 10.6 Å². The average Bonchev–Trinajstić information content (AvgIpc) is 2.15. The minimum Gasteiger partial charge on any atom is -0.319 e. The second-order valence-electron chi connectivity index (χ2n) is 2.75. The highest BCUT2D eigenvalue weighted by molar-refractivity contribution is 6.29. The van der Waals surface area contributed by atoms with Gasteiger partial charge in [-0.05, 0) is 19.2 Å². The van der Waals surface area contributed by atoms with E-state index >= 15 is 0 Å². The highest BCUT2D eigenvalue weighted by Crippen LogP contribution is 2.08. The number of carbonyl (C=O) groups excluding carboxylic acids is 1. The van der Waals surface area contributed by atoms with Crippen molar-refractivity contribution in [2.24, 2.45) is 0 Å². The van der Waals surface area contributed by atoms with Gasteiger partial charge in [-0.1, -0.05) is 17.7 Å². The lowest BCUT2D eigenvalue weighted by atomic mass is 10.4. The molecule has 1 aromatic heterocycles. The van der Waals surface area contributed by atoms with Crippen molar-refractivity contribution in [1.29, 1.82) is 0 Å². The summed E-state index contributed by atoms with van der Waals surface area (Å²) < 4.78 is 0. The molecule has 0 aromatic carbocycles. The first-order chi connectivity index (χ1) is 6.72.